The van der Waals surface area contributed by atoms with Crippen molar-refractivity contribution in [3.05, 3.63) is 84.4 Å². The van der Waals surface area contributed by atoms with Crippen LogP contribution in [0.5, 0.6) is 0 Å². The van der Waals surface area contributed by atoms with Crippen LogP contribution in [0, 0.1) is 11.3 Å². The monoisotopic (exact) mass is 372 g/mol. The molecule has 0 aliphatic rings. The summed E-state index contributed by atoms with van der Waals surface area (Å²) in [6.07, 6.45) is 0. The summed E-state index contributed by atoms with van der Waals surface area (Å²) in [5.74, 6) is 0. The molecule has 0 aliphatic heterocycles. The summed E-state index contributed by atoms with van der Waals surface area (Å²) in [6, 6.07) is 28.9. The molecule has 2 heterocycles. The van der Waals surface area contributed by atoms with Crippen LogP contribution in [-0.2, 0) is 7.05 Å². The predicted molar refractivity (Wildman–Crippen MR) is 118 cm³/mol. The lowest BCUT2D eigenvalue weighted by Gasteiger charge is -2.08. The Kier molecular flexibility index (Phi) is 3.16. The molecule has 0 aliphatic carbocycles. The molecule has 0 bridgehead atoms. The van der Waals surface area contributed by atoms with E-state index in [4.69, 9.17) is 4.42 Å². The van der Waals surface area contributed by atoms with Crippen LogP contribution in [0.2, 0.25) is 0 Å². The number of nitrogens with zero attached hydrogens (tertiary/aromatic N) is 2. The van der Waals surface area contributed by atoms with Gasteiger partial charge in [0, 0.05) is 39.7 Å². The van der Waals surface area contributed by atoms with Gasteiger partial charge in [0.05, 0.1) is 17.1 Å². The van der Waals surface area contributed by atoms with Crippen LogP contribution in [0.1, 0.15) is 5.56 Å². The van der Waals surface area contributed by atoms with Crippen LogP contribution in [0.4, 0.5) is 0 Å². The molecule has 136 valence electrons. The Labute approximate surface area is 167 Å². The minimum Gasteiger partial charge on any atom is -0.455 e. The van der Waals surface area contributed by atoms with Crippen molar-refractivity contribution in [2.24, 2.45) is 7.05 Å². The van der Waals surface area contributed by atoms with Gasteiger partial charge < -0.3 is 8.98 Å². The Morgan fingerprint density at radius 1 is 0.793 bits per heavy atom. The summed E-state index contributed by atoms with van der Waals surface area (Å²) in [6.45, 7) is 0. The smallest absolute Gasteiger partial charge is 0.145 e. The number of nitriles is 1. The van der Waals surface area contributed by atoms with Gasteiger partial charge in [0.1, 0.15) is 11.2 Å². The number of para-hydroxylation sites is 2. The summed E-state index contributed by atoms with van der Waals surface area (Å²) in [7, 11) is 2.10. The fourth-order valence-corrected chi connectivity index (χ4v) is 4.50. The number of rotatable bonds is 1. The molecular weight excluding hydrogens is 356 g/mol. The SMILES string of the molecule is Cn1c2ccccc2c2cc3c(oc4ccccc43)c(-c3ccc(C#N)cc3)c21. The number of hydrogen-bond acceptors (Lipinski definition) is 2. The first kappa shape index (κ1) is 16.0. The van der Waals surface area contributed by atoms with Crippen molar-refractivity contribution in [3.63, 3.8) is 0 Å². The van der Waals surface area contributed by atoms with E-state index in [1.807, 2.05) is 42.5 Å². The second-order valence-electron chi connectivity index (χ2n) is 7.39. The molecule has 0 saturated carbocycles. The first-order valence-corrected chi connectivity index (χ1v) is 9.58. The largest absolute Gasteiger partial charge is 0.455 e. The van der Waals surface area contributed by atoms with Crippen molar-refractivity contribution in [1.29, 1.82) is 5.26 Å². The van der Waals surface area contributed by atoms with E-state index in [1.54, 1.807) is 0 Å². The fraction of sp³-hybridized carbons (Fsp3) is 0.0385. The third-order valence-corrected chi connectivity index (χ3v) is 5.84. The molecule has 0 N–H and O–H groups in total. The Morgan fingerprint density at radius 2 is 1.52 bits per heavy atom. The van der Waals surface area contributed by atoms with Gasteiger partial charge in [0.15, 0.2) is 0 Å². The van der Waals surface area contributed by atoms with Gasteiger partial charge in [-0.15, -0.1) is 0 Å². The van der Waals surface area contributed by atoms with Gasteiger partial charge in [0.25, 0.3) is 0 Å². The molecule has 0 radical (unpaired) electrons. The summed E-state index contributed by atoms with van der Waals surface area (Å²) in [5.41, 5.74) is 6.86. The van der Waals surface area contributed by atoms with Gasteiger partial charge in [-0.2, -0.15) is 5.26 Å². The van der Waals surface area contributed by atoms with Gasteiger partial charge in [-0.05, 0) is 35.9 Å². The van der Waals surface area contributed by atoms with Crippen molar-refractivity contribution in [2.75, 3.05) is 0 Å². The lowest BCUT2D eigenvalue weighted by atomic mass is 9.97. The van der Waals surface area contributed by atoms with Crippen LogP contribution in [0.15, 0.2) is 83.3 Å². The Morgan fingerprint density at radius 3 is 2.31 bits per heavy atom. The average molecular weight is 372 g/mol. The van der Waals surface area contributed by atoms with E-state index < -0.39 is 0 Å². The molecule has 4 aromatic carbocycles. The van der Waals surface area contributed by atoms with Crippen LogP contribution >= 0.6 is 0 Å². The zero-order valence-corrected chi connectivity index (χ0v) is 15.8. The highest BCUT2D eigenvalue weighted by atomic mass is 16.3. The molecule has 0 unspecified atom stereocenters. The van der Waals surface area contributed by atoms with Gasteiger partial charge in [-0.25, -0.2) is 0 Å². The van der Waals surface area contributed by atoms with Crippen LogP contribution < -0.4 is 0 Å². The molecule has 6 rings (SSSR count). The molecule has 29 heavy (non-hydrogen) atoms. The topological polar surface area (TPSA) is 41.9 Å². The van der Waals surface area contributed by atoms with Crippen molar-refractivity contribution in [3.8, 4) is 17.2 Å². The van der Waals surface area contributed by atoms with Gasteiger partial charge in [0.2, 0.25) is 0 Å². The van der Waals surface area contributed by atoms with E-state index in [0.29, 0.717) is 5.56 Å². The molecule has 3 nitrogen and oxygen atoms in total. The minimum atomic E-state index is 0.652. The Balaban J connectivity index is 1.89. The second-order valence-corrected chi connectivity index (χ2v) is 7.39. The third kappa shape index (κ3) is 2.11. The third-order valence-electron chi connectivity index (χ3n) is 5.84. The molecule has 3 heteroatoms. The van der Waals surface area contributed by atoms with Crippen molar-refractivity contribution >= 4 is 43.7 Å². The van der Waals surface area contributed by atoms with E-state index in [2.05, 4.69) is 54.1 Å². The first-order valence-electron chi connectivity index (χ1n) is 9.58. The number of aromatic nitrogens is 1. The highest BCUT2D eigenvalue weighted by molar-refractivity contribution is 6.23. The molecule has 0 atom stereocenters. The molecule has 0 spiro atoms. The molecular formula is C26H16N2O. The predicted octanol–water partition coefficient (Wildman–Crippen LogP) is 6.77. The number of fused-ring (bicyclic) bond motifs is 6. The minimum absolute atomic E-state index is 0.652. The summed E-state index contributed by atoms with van der Waals surface area (Å²) in [4.78, 5) is 0. The van der Waals surface area contributed by atoms with Crippen LogP contribution in [0.3, 0.4) is 0 Å². The number of benzene rings is 4. The van der Waals surface area contributed by atoms with Crippen molar-refractivity contribution < 1.29 is 4.42 Å². The van der Waals surface area contributed by atoms with Crippen molar-refractivity contribution in [1.82, 2.24) is 4.57 Å². The van der Waals surface area contributed by atoms with E-state index in [1.165, 1.54) is 16.3 Å². The van der Waals surface area contributed by atoms with E-state index >= 15 is 0 Å². The molecule has 6 aromatic rings. The van der Waals surface area contributed by atoms with E-state index in [9.17, 15) is 5.26 Å². The van der Waals surface area contributed by atoms with E-state index in [-0.39, 0.29) is 0 Å². The standard InChI is InChI=1S/C26H16N2O/c1-28-22-8-4-2-6-18(22)20-14-21-19-7-3-5-9-23(19)29-26(21)24(25(20)28)17-12-10-16(15-27)11-13-17/h2-14H,1H3. The zero-order chi connectivity index (χ0) is 19.5. The fourth-order valence-electron chi connectivity index (χ4n) is 4.50. The number of furan rings is 1. The molecule has 0 amide bonds. The van der Waals surface area contributed by atoms with Crippen molar-refractivity contribution in [2.45, 2.75) is 0 Å². The highest BCUT2D eigenvalue weighted by Gasteiger charge is 2.20. The summed E-state index contributed by atoms with van der Waals surface area (Å²) in [5, 5.41) is 13.9. The number of aryl methyl sites for hydroxylation is 1. The maximum Gasteiger partial charge on any atom is 0.145 e. The maximum atomic E-state index is 9.20. The van der Waals surface area contributed by atoms with Crippen LogP contribution in [0.25, 0.3) is 54.9 Å². The highest BCUT2D eigenvalue weighted by Crippen LogP contribution is 2.43. The quantitative estimate of drug-likeness (QED) is 0.320. The van der Waals surface area contributed by atoms with Gasteiger partial charge in [-0.1, -0.05) is 48.5 Å². The zero-order valence-electron chi connectivity index (χ0n) is 15.8. The maximum absolute atomic E-state index is 9.20. The number of hydrogen-bond donors (Lipinski definition) is 0. The molecule has 0 saturated heterocycles. The van der Waals surface area contributed by atoms with Gasteiger partial charge in [-0.3, -0.25) is 0 Å². The summed E-state index contributed by atoms with van der Waals surface area (Å²) < 4.78 is 8.62. The van der Waals surface area contributed by atoms with Crippen LogP contribution in [-0.4, -0.2) is 4.57 Å². The first-order chi connectivity index (χ1) is 14.3. The normalized spacial score (nSPS) is 11.6. The van der Waals surface area contributed by atoms with E-state index in [0.717, 1.165) is 38.6 Å². The lowest BCUT2D eigenvalue weighted by Crippen LogP contribution is -1.91. The summed E-state index contributed by atoms with van der Waals surface area (Å²) >= 11 is 0. The Bertz CT molecular complexity index is 1610. The average Bonchev–Trinajstić information content (AvgIpc) is 3.28. The molecule has 0 fully saturated rings. The molecule has 2 aromatic heterocycles. The Hall–Kier alpha value is -4.03. The second kappa shape index (κ2) is 5.73. The lowest BCUT2D eigenvalue weighted by molar-refractivity contribution is 0.670. The van der Waals surface area contributed by atoms with Gasteiger partial charge >= 0.3 is 0 Å².